The summed E-state index contributed by atoms with van der Waals surface area (Å²) in [5.74, 6) is 0.761. The first-order valence-corrected chi connectivity index (χ1v) is 6.81. The summed E-state index contributed by atoms with van der Waals surface area (Å²) >= 11 is 0. The molecule has 1 amide bonds. The van der Waals surface area contributed by atoms with Gasteiger partial charge in [-0.25, -0.2) is 0 Å². The zero-order valence-corrected chi connectivity index (χ0v) is 12.6. The summed E-state index contributed by atoms with van der Waals surface area (Å²) in [5.41, 5.74) is 1.07. The maximum absolute atomic E-state index is 11.8. The topological polar surface area (TPSA) is 74.1 Å². The number of carbonyl (C=O) groups is 1. The van der Waals surface area contributed by atoms with E-state index >= 15 is 0 Å². The Morgan fingerprint density at radius 3 is 2.86 bits per heavy atom. The molecule has 0 spiro atoms. The molecule has 0 aliphatic heterocycles. The Hall–Kier alpha value is -2.48. The van der Waals surface area contributed by atoms with Gasteiger partial charge in [0.15, 0.2) is 0 Å². The molecule has 0 aliphatic carbocycles. The van der Waals surface area contributed by atoms with E-state index in [9.17, 15) is 4.79 Å². The van der Waals surface area contributed by atoms with Gasteiger partial charge in [0.05, 0.1) is 7.11 Å². The Kier molecular flexibility index (Phi) is 6.82. The second-order valence-electron chi connectivity index (χ2n) is 5.01. The van der Waals surface area contributed by atoms with Gasteiger partial charge in [-0.15, -0.1) is 0 Å². The highest BCUT2D eigenvalue weighted by molar-refractivity contribution is 5.97. The molecule has 0 saturated carbocycles. The van der Waals surface area contributed by atoms with Crippen LogP contribution in [0.3, 0.4) is 0 Å². The van der Waals surface area contributed by atoms with Gasteiger partial charge in [-0.05, 0) is 23.6 Å². The van der Waals surface area contributed by atoms with Crippen molar-refractivity contribution >= 4 is 5.91 Å². The number of nitrogens with zero attached hydrogens (tertiary/aromatic N) is 1. The molecule has 112 valence electrons. The van der Waals surface area contributed by atoms with Gasteiger partial charge < -0.3 is 15.4 Å². The van der Waals surface area contributed by atoms with E-state index in [1.54, 1.807) is 7.11 Å². The normalized spacial score (nSPS) is 10.9. The highest BCUT2D eigenvalue weighted by Gasteiger charge is 2.08. The van der Waals surface area contributed by atoms with E-state index in [-0.39, 0.29) is 11.5 Å². The fraction of sp³-hybridized carbons (Fsp3) is 0.375. The number of carbonyl (C=O) groups excluding carboxylic acids is 1. The molecular weight excluding hydrogens is 266 g/mol. The maximum Gasteiger partial charge on any atom is 0.263 e. The Balaban J connectivity index is 2.56. The van der Waals surface area contributed by atoms with Gasteiger partial charge in [0.2, 0.25) is 0 Å². The number of ether oxygens (including phenoxy) is 1. The lowest BCUT2D eigenvalue weighted by Crippen LogP contribution is -2.29. The third-order valence-corrected chi connectivity index (χ3v) is 2.72. The average Bonchev–Trinajstić information content (AvgIpc) is 2.49. The number of nitrogens with one attached hydrogen (secondary N) is 2. The van der Waals surface area contributed by atoms with Crippen molar-refractivity contribution in [3.05, 3.63) is 41.6 Å². The number of nitriles is 1. The summed E-state index contributed by atoms with van der Waals surface area (Å²) in [7, 11) is 1.61. The van der Waals surface area contributed by atoms with E-state index in [4.69, 9.17) is 10.00 Å². The first-order chi connectivity index (χ1) is 10.1. The standard InChI is InChI=1S/C16H21N3O2/c1-12(2)9-19-16(20)14(8-17)11-18-10-13-5-4-6-15(7-13)21-3/h4-7,11-12,18H,9-10H2,1-3H3,(H,19,20)/b14-11-. The first-order valence-electron chi connectivity index (χ1n) is 6.81. The van der Waals surface area contributed by atoms with Crippen LogP contribution in [0.5, 0.6) is 5.75 Å². The van der Waals surface area contributed by atoms with Crippen molar-refractivity contribution in [1.82, 2.24) is 10.6 Å². The summed E-state index contributed by atoms with van der Waals surface area (Å²) in [6, 6.07) is 9.48. The summed E-state index contributed by atoms with van der Waals surface area (Å²) in [6.45, 7) is 5.06. The van der Waals surface area contributed by atoms with Crippen LogP contribution in [-0.4, -0.2) is 19.6 Å². The summed E-state index contributed by atoms with van der Waals surface area (Å²) < 4.78 is 5.14. The van der Waals surface area contributed by atoms with Crippen molar-refractivity contribution in [2.45, 2.75) is 20.4 Å². The van der Waals surface area contributed by atoms with E-state index < -0.39 is 0 Å². The Bertz CT molecular complexity index is 545. The molecule has 0 heterocycles. The second-order valence-corrected chi connectivity index (χ2v) is 5.01. The summed E-state index contributed by atoms with van der Waals surface area (Å²) in [5, 5.41) is 14.7. The number of hydrogen-bond acceptors (Lipinski definition) is 4. The highest BCUT2D eigenvalue weighted by Crippen LogP contribution is 2.12. The van der Waals surface area contributed by atoms with E-state index in [0.29, 0.717) is 19.0 Å². The van der Waals surface area contributed by atoms with Crippen LogP contribution in [-0.2, 0) is 11.3 Å². The minimum absolute atomic E-state index is 0.0681. The highest BCUT2D eigenvalue weighted by atomic mass is 16.5. The fourth-order valence-electron chi connectivity index (χ4n) is 1.59. The van der Waals surface area contributed by atoms with Crippen LogP contribution in [0.4, 0.5) is 0 Å². The number of benzene rings is 1. The minimum atomic E-state index is -0.357. The molecule has 21 heavy (non-hydrogen) atoms. The second kappa shape index (κ2) is 8.64. The molecule has 0 aromatic heterocycles. The fourth-order valence-corrected chi connectivity index (χ4v) is 1.59. The molecule has 0 aliphatic rings. The molecule has 0 unspecified atom stereocenters. The van der Waals surface area contributed by atoms with Crippen molar-refractivity contribution in [1.29, 1.82) is 5.26 Å². The molecule has 0 saturated heterocycles. The molecule has 0 atom stereocenters. The van der Waals surface area contributed by atoms with E-state index in [0.717, 1.165) is 11.3 Å². The van der Waals surface area contributed by atoms with Crippen molar-refractivity contribution < 1.29 is 9.53 Å². The van der Waals surface area contributed by atoms with Gasteiger partial charge in [0, 0.05) is 19.3 Å². The quantitative estimate of drug-likeness (QED) is 0.594. The predicted octanol–water partition coefficient (Wildman–Crippen LogP) is 1.96. The lowest BCUT2D eigenvalue weighted by atomic mass is 10.2. The SMILES string of the molecule is COc1cccc(CN/C=C(/C#N)C(=O)NCC(C)C)c1. The van der Waals surface area contributed by atoms with Gasteiger partial charge in [-0.2, -0.15) is 5.26 Å². The van der Waals surface area contributed by atoms with Crippen molar-refractivity contribution in [2.24, 2.45) is 5.92 Å². The van der Waals surface area contributed by atoms with Gasteiger partial charge in [-0.1, -0.05) is 26.0 Å². The van der Waals surface area contributed by atoms with Gasteiger partial charge in [0.25, 0.3) is 5.91 Å². The molecule has 0 radical (unpaired) electrons. The molecule has 1 aromatic rings. The van der Waals surface area contributed by atoms with Crippen molar-refractivity contribution in [3.8, 4) is 11.8 Å². The number of amides is 1. The first kappa shape index (κ1) is 16.6. The molecule has 2 N–H and O–H groups in total. The Labute approximate surface area is 125 Å². The summed E-state index contributed by atoms with van der Waals surface area (Å²) in [6.07, 6.45) is 1.44. The lowest BCUT2D eigenvalue weighted by molar-refractivity contribution is -0.117. The van der Waals surface area contributed by atoms with Crippen LogP contribution in [0, 0.1) is 17.2 Å². The molecule has 5 nitrogen and oxygen atoms in total. The van der Waals surface area contributed by atoms with Gasteiger partial charge in [0.1, 0.15) is 17.4 Å². The number of rotatable bonds is 7. The molecule has 1 rings (SSSR count). The van der Waals surface area contributed by atoms with Crippen LogP contribution < -0.4 is 15.4 Å². The predicted molar refractivity (Wildman–Crippen MR) is 81.4 cm³/mol. The average molecular weight is 287 g/mol. The van der Waals surface area contributed by atoms with E-state index in [1.165, 1.54) is 6.20 Å². The molecule has 1 aromatic carbocycles. The zero-order chi connectivity index (χ0) is 15.7. The largest absolute Gasteiger partial charge is 0.497 e. The minimum Gasteiger partial charge on any atom is -0.497 e. The molecular formula is C16H21N3O2. The Morgan fingerprint density at radius 1 is 1.48 bits per heavy atom. The molecule has 0 fully saturated rings. The van der Waals surface area contributed by atoms with Crippen LogP contribution >= 0.6 is 0 Å². The molecule has 0 bridgehead atoms. The smallest absolute Gasteiger partial charge is 0.263 e. The van der Waals surface area contributed by atoms with Crippen LogP contribution in [0.25, 0.3) is 0 Å². The van der Waals surface area contributed by atoms with Crippen LogP contribution in [0.2, 0.25) is 0 Å². The monoisotopic (exact) mass is 287 g/mol. The zero-order valence-electron chi connectivity index (χ0n) is 12.6. The number of methoxy groups -OCH3 is 1. The summed E-state index contributed by atoms with van der Waals surface area (Å²) in [4.78, 5) is 11.8. The lowest BCUT2D eigenvalue weighted by Gasteiger charge is -2.07. The van der Waals surface area contributed by atoms with Crippen LogP contribution in [0.15, 0.2) is 36.0 Å². The van der Waals surface area contributed by atoms with Crippen LogP contribution in [0.1, 0.15) is 19.4 Å². The third kappa shape index (κ3) is 6.00. The van der Waals surface area contributed by atoms with E-state index in [1.807, 2.05) is 44.2 Å². The van der Waals surface area contributed by atoms with Gasteiger partial charge >= 0.3 is 0 Å². The van der Waals surface area contributed by atoms with Gasteiger partial charge in [-0.3, -0.25) is 4.79 Å². The Morgan fingerprint density at radius 2 is 2.24 bits per heavy atom. The third-order valence-electron chi connectivity index (χ3n) is 2.72. The maximum atomic E-state index is 11.8. The molecule has 5 heteroatoms. The number of hydrogen-bond donors (Lipinski definition) is 2. The van der Waals surface area contributed by atoms with E-state index in [2.05, 4.69) is 10.6 Å². The van der Waals surface area contributed by atoms with Crippen molar-refractivity contribution in [2.75, 3.05) is 13.7 Å². The van der Waals surface area contributed by atoms with Crippen molar-refractivity contribution in [3.63, 3.8) is 0 Å².